The van der Waals surface area contributed by atoms with E-state index in [9.17, 15) is 9.59 Å². The molecule has 2 amide bonds. The number of hydrogen-bond donors (Lipinski definition) is 3. The molecule has 0 bridgehead atoms. The number of nitrogens with zero attached hydrogens (tertiary/aromatic N) is 8. The first-order chi connectivity index (χ1) is 21.4. The Morgan fingerprint density at radius 3 is 2.89 bits per heavy atom. The molecule has 5 aromatic rings. The van der Waals surface area contributed by atoms with Gasteiger partial charge in [0.25, 0.3) is 5.91 Å². The predicted octanol–water partition coefficient (Wildman–Crippen LogP) is 3.34. The van der Waals surface area contributed by atoms with Crippen molar-refractivity contribution in [1.82, 2.24) is 45.2 Å². The van der Waals surface area contributed by atoms with Crippen LogP contribution in [0.2, 0.25) is 5.02 Å². The summed E-state index contributed by atoms with van der Waals surface area (Å²) in [6.07, 6.45) is 8.48. The third-order valence-corrected chi connectivity index (χ3v) is 7.62. The summed E-state index contributed by atoms with van der Waals surface area (Å²) < 4.78 is 1.49. The van der Waals surface area contributed by atoms with Gasteiger partial charge in [-0.05, 0) is 85.0 Å². The van der Waals surface area contributed by atoms with Crippen molar-refractivity contribution < 1.29 is 9.59 Å². The molecule has 4 heterocycles. The Morgan fingerprint density at radius 1 is 1.18 bits per heavy atom. The van der Waals surface area contributed by atoms with Gasteiger partial charge < -0.3 is 20.4 Å². The lowest BCUT2D eigenvalue weighted by atomic mass is 9.92. The maximum atomic E-state index is 14.0. The summed E-state index contributed by atoms with van der Waals surface area (Å²) >= 11 is 6.27. The van der Waals surface area contributed by atoms with Crippen molar-refractivity contribution in [2.75, 3.05) is 44.4 Å². The molecule has 1 aliphatic rings. The van der Waals surface area contributed by atoms with E-state index in [1.165, 1.54) is 17.1 Å². The topological polar surface area (TPSA) is 150 Å². The van der Waals surface area contributed by atoms with Crippen molar-refractivity contribution >= 4 is 51.9 Å². The van der Waals surface area contributed by atoms with E-state index in [0.29, 0.717) is 47.3 Å². The van der Waals surface area contributed by atoms with E-state index in [0.717, 1.165) is 28.6 Å². The fraction of sp³-hybridized carbons (Fsp3) is 0.233. The van der Waals surface area contributed by atoms with Gasteiger partial charge in [-0.2, -0.15) is 9.78 Å². The van der Waals surface area contributed by atoms with Crippen LogP contribution in [-0.2, 0) is 16.0 Å². The molecule has 44 heavy (non-hydrogen) atoms. The van der Waals surface area contributed by atoms with Crippen LogP contribution in [0.4, 0.5) is 11.5 Å². The van der Waals surface area contributed by atoms with E-state index in [1.807, 2.05) is 38.4 Å². The molecule has 3 aromatic heterocycles. The molecule has 2 aromatic carbocycles. The Kier molecular flexibility index (Phi) is 8.30. The lowest BCUT2D eigenvalue weighted by molar-refractivity contribution is -0.135. The first kappa shape index (κ1) is 29.0. The van der Waals surface area contributed by atoms with Crippen molar-refractivity contribution in [3.8, 4) is 5.69 Å². The molecular weight excluding hydrogens is 582 g/mol. The maximum Gasteiger partial charge on any atom is 0.251 e. The van der Waals surface area contributed by atoms with Crippen molar-refractivity contribution in [3.05, 3.63) is 89.0 Å². The Balaban J connectivity index is 1.32. The second-order valence-electron chi connectivity index (χ2n) is 10.6. The number of amides is 2. The van der Waals surface area contributed by atoms with Crippen molar-refractivity contribution in [2.24, 2.45) is 0 Å². The van der Waals surface area contributed by atoms with Crippen LogP contribution in [0, 0.1) is 0 Å². The number of tetrazole rings is 1. The van der Waals surface area contributed by atoms with Crippen LogP contribution >= 0.6 is 11.6 Å². The number of fused-ring (bicyclic) bond motifs is 2. The third kappa shape index (κ3) is 6.14. The molecule has 0 saturated heterocycles. The van der Waals surface area contributed by atoms with Gasteiger partial charge in [-0.25, -0.2) is 4.98 Å². The number of halogens is 1. The second kappa shape index (κ2) is 12.6. The van der Waals surface area contributed by atoms with Crippen LogP contribution in [0.15, 0.2) is 67.3 Å². The van der Waals surface area contributed by atoms with Gasteiger partial charge in [0, 0.05) is 59.1 Å². The number of carbonyl (C=O) groups is 2. The quantitative estimate of drug-likeness (QED) is 0.213. The molecule has 14 heteroatoms. The van der Waals surface area contributed by atoms with Gasteiger partial charge >= 0.3 is 0 Å². The molecule has 224 valence electrons. The number of likely N-dealkylation sites (N-methyl/N-ethyl adjacent to an activating group) is 1. The molecule has 1 aliphatic heterocycles. The molecular formula is C30H30ClN11O2. The first-order valence-electron chi connectivity index (χ1n) is 14.0. The summed E-state index contributed by atoms with van der Waals surface area (Å²) in [6, 6.07) is 11.6. The van der Waals surface area contributed by atoms with Crippen molar-refractivity contribution in [2.45, 2.75) is 12.5 Å². The van der Waals surface area contributed by atoms with Crippen LogP contribution in [0.5, 0.6) is 0 Å². The maximum absolute atomic E-state index is 14.0. The smallest absolute Gasteiger partial charge is 0.251 e. The first-order valence-corrected chi connectivity index (χ1v) is 14.4. The minimum atomic E-state index is -0.899. The number of H-pyrrole nitrogens is 1. The largest absolute Gasteiger partial charge is 0.369 e. The summed E-state index contributed by atoms with van der Waals surface area (Å²) in [5, 5.41) is 26.2. The number of carbonyl (C=O) groups excluding carboxylic acids is 2. The van der Waals surface area contributed by atoms with E-state index in [4.69, 9.17) is 11.6 Å². The number of benzene rings is 2. The molecule has 0 radical (unpaired) electrons. The molecule has 13 nitrogen and oxygen atoms in total. The molecule has 3 N–H and O–H groups in total. The summed E-state index contributed by atoms with van der Waals surface area (Å²) in [6.45, 7) is 1.82. The molecule has 0 saturated carbocycles. The number of nitrogens with one attached hydrogen (secondary N) is 3. The molecule has 0 fully saturated rings. The molecule has 0 aliphatic carbocycles. The highest BCUT2D eigenvalue weighted by molar-refractivity contribution is 6.30. The van der Waals surface area contributed by atoms with Gasteiger partial charge in [0.2, 0.25) is 5.91 Å². The predicted molar refractivity (Wildman–Crippen MR) is 167 cm³/mol. The average molecular weight is 612 g/mol. The minimum Gasteiger partial charge on any atom is -0.369 e. The fourth-order valence-electron chi connectivity index (χ4n) is 5.25. The third-order valence-electron chi connectivity index (χ3n) is 7.38. The van der Waals surface area contributed by atoms with E-state index in [-0.39, 0.29) is 11.8 Å². The summed E-state index contributed by atoms with van der Waals surface area (Å²) in [7, 11) is 4.01. The zero-order valence-electron chi connectivity index (χ0n) is 24.1. The summed E-state index contributed by atoms with van der Waals surface area (Å²) in [4.78, 5) is 36.1. The lowest BCUT2D eigenvalue weighted by Gasteiger charge is -2.36. The summed E-state index contributed by atoms with van der Waals surface area (Å²) in [5.74, 6) is 0.0456. The number of aromatic nitrogens is 7. The highest BCUT2D eigenvalue weighted by Gasteiger charge is 2.36. The van der Waals surface area contributed by atoms with E-state index in [2.05, 4.69) is 46.2 Å². The van der Waals surface area contributed by atoms with Crippen LogP contribution in [0.3, 0.4) is 0 Å². The number of aromatic amines is 1. The van der Waals surface area contributed by atoms with Crippen molar-refractivity contribution in [1.29, 1.82) is 0 Å². The zero-order chi connectivity index (χ0) is 30.6. The van der Waals surface area contributed by atoms with Crippen LogP contribution in [0.1, 0.15) is 22.7 Å². The standard InChI is InChI=1S/C30H30ClN11O2/c1-40(2)14-12-33-29-24-10-13-41(27(43)8-4-19-15-21(31)5-7-26(19)42-18-35-38-39-42)28(23(24)9-11-32-29)30(44)36-22-6-3-20-17-34-37-25(20)16-22/h3-9,11,15-18,28H,10,12-14H2,1-2H3,(H,32,33)(H,34,37)(H,36,44). The molecule has 6 rings (SSSR count). The van der Waals surface area contributed by atoms with Gasteiger partial charge in [0.15, 0.2) is 0 Å². The lowest BCUT2D eigenvalue weighted by Crippen LogP contribution is -2.45. The monoisotopic (exact) mass is 611 g/mol. The van der Waals surface area contributed by atoms with Gasteiger partial charge in [-0.3, -0.25) is 14.7 Å². The van der Waals surface area contributed by atoms with Crippen LogP contribution < -0.4 is 10.6 Å². The average Bonchev–Trinajstić information content (AvgIpc) is 3.72. The number of rotatable bonds is 9. The van der Waals surface area contributed by atoms with E-state index >= 15 is 0 Å². The second-order valence-corrected chi connectivity index (χ2v) is 11.0. The van der Waals surface area contributed by atoms with Gasteiger partial charge in [-0.15, -0.1) is 5.10 Å². The normalized spacial score (nSPS) is 14.7. The number of hydrogen-bond acceptors (Lipinski definition) is 9. The summed E-state index contributed by atoms with van der Waals surface area (Å²) in [5.41, 5.74) is 4.30. The Labute approximate surface area is 257 Å². The minimum absolute atomic E-state index is 0.317. The Bertz CT molecular complexity index is 1830. The Hall–Kier alpha value is -5.14. The highest BCUT2D eigenvalue weighted by atomic mass is 35.5. The number of pyridine rings is 1. The van der Waals surface area contributed by atoms with E-state index < -0.39 is 6.04 Å². The Morgan fingerprint density at radius 2 is 2.07 bits per heavy atom. The van der Waals surface area contributed by atoms with Crippen LogP contribution in [0.25, 0.3) is 22.7 Å². The SMILES string of the molecule is CN(C)CCNc1nccc2c1CCN(C(=O)C=Cc1cc(Cl)ccc1-n1cnnn1)C2C(=O)Nc1ccc2cn[nH]c2c1. The van der Waals surface area contributed by atoms with Gasteiger partial charge in [-0.1, -0.05) is 11.6 Å². The molecule has 1 atom stereocenters. The van der Waals surface area contributed by atoms with Gasteiger partial charge in [0.05, 0.1) is 17.4 Å². The zero-order valence-corrected chi connectivity index (χ0v) is 24.9. The fourth-order valence-corrected chi connectivity index (χ4v) is 5.43. The number of anilines is 2. The molecule has 1 unspecified atom stereocenters. The van der Waals surface area contributed by atoms with E-state index in [1.54, 1.807) is 41.6 Å². The molecule has 0 spiro atoms. The highest BCUT2D eigenvalue weighted by Crippen LogP contribution is 2.34. The van der Waals surface area contributed by atoms with Gasteiger partial charge in [0.1, 0.15) is 18.2 Å². The van der Waals surface area contributed by atoms with Crippen LogP contribution in [-0.4, -0.2) is 90.7 Å². The van der Waals surface area contributed by atoms with Crippen molar-refractivity contribution in [3.63, 3.8) is 0 Å².